The van der Waals surface area contributed by atoms with Crippen LogP contribution in [0.25, 0.3) is 0 Å². The Kier molecular flexibility index (Phi) is 4.23. The van der Waals surface area contributed by atoms with Gasteiger partial charge in [0.1, 0.15) is 0 Å². The molecule has 2 unspecified atom stereocenters. The molecule has 4 rings (SSSR count). The molecule has 102 valence electrons. The van der Waals surface area contributed by atoms with Crippen LogP contribution in [0.15, 0.2) is 0 Å². The third-order valence-electron chi connectivity index (χ3n) is 4.82. The molecule has 4 saturated carbocycles. The molecule has 6 heteroatoms. The summed E-state index contributed by atoms with van der Waals surface area (Å²) >= 11 is 0. The number of ether oxygens (including phenoxy) is 1. The van der Waals surface area contributed by atoms with Crippen LogP contribution in [0.2, 0.25) is 0 Å². The summed E-state index contributed by atoms with van der Waals surface area (Å²) in [5.74, 6) is -0.582. The Bertz CT molecular complexity index is 361. The normalized spacial score (nSPS) is 42.7. The molecule has 0 aromatic heterocycles. The van der Waals surface area contributed by atoms with Gasteiger partial charge in [-0.05, 0) is 50.4 Å². The van der Waals surface area contributed by atoms with Crippen molar-refractivity contribution in [3.05, 3.63) is 6.43 Å². The molecule has 0 aromatic rings. The molecule has 4 aliphatic rings. The Labute approximate surface area is 133 Å². The Morgan fingerprint density at radius 3 is 2.32 bits per heavy atom. The van der Waals surface area contributed by atoms with Crippen LogP contribution in [0.5, 0.6) is 0 Å². The fourth-order valence-electron chi connectivity index (χ4n) is 4.84. The molecule has 4 fully saturated rings. The van der Waals surface area contributed by atoms with Crippen molar-refractivity contribution < 1.29 is 53.0 Å². The van der Waals surface area contributed by atoms with Gasteiger partial charge >= 0.3 is 29.6 Å². The second-order valence-corrected chi connectivity index (χ2v) is 6.52. The zero-order chi connectivity index (χ0) is 13.0. The fourth-order valence-corrected chi connectivity index (χ4v) is 4.84. The van der Waals surface area contributed by atoms with Crippen molar-refractivity contribution in [2.24, 2.45) is 17.3 Å². The van der Waals surface area contributed by atoms with E-state index in [1.54, 1.807) is 0 Å². The van der Waals surface area contributed by atoms with Crippen molar-refractivity contribution in [3.8, 4) is 0 Å². The summed E-state index contributed by atoms with van der Waals surface area (Å²) in [4.78, 5) is 10.8. The molecule has 3 nitrogen and oxygen atoms in total. The first kappa shape index (κ1) is 15.5. The fraction of sp³-hybridized carbons (Fsp3) is 0.846. The maximum atomic E-state index is 12.1. The minimum Gasteiger partial charge on any atom is -0.483 e. The van der Waals surface area contributed by atoms with Crippen LogP contribution < -0.4 is 29.6 Å². The third kappa shape index (κ3) is 2.94. The predicted octanol–water partition coefficient (Wildman–Crippen LogP) is -0.707. The van der Waals surface area contributed by atoms with E-state index in [0.29, 0.717) is 18.3 Å². The molecule has 4 bridgehead atoms. The van der Waals surface area contributed by atoms with Crippen LogP contribution >= 0.6 is 0 Å². The number of carbonyl (C=O) groups excluding carboxylic acids is 1. The smallest absolute Gasteiger partial charge is 0.483 e. The van der Waals surface area contributed by atoms with Crippen molar-refractivity contribution >= 4 is 5.97 Å². The van der Waals surface area contributed by atoms with E-state index >= 15 is 0 Å². The minimum absolute atomic E-state index is 0. The molecule has 0 aromatic carbocycles. The molecule has 0 radical (unpaired) electrons. The molecule has 0 spiro atoms. The van der Waals surface area contributed by atoms with E-state index in [4.69, 9.17) is 4.74 Å². The van der Waals surface area contributed by atoms with E-state index in [-0.39, 0.29) is 41.6 Å². The monoisotopic (exact) mass is 282 g/mol. The number of aliphatic hydroxyl groups is 1. The van der Waals surface area contributed by atoms with Crippen molar-refractivity contribution in [2.45, 2.75) is 44.1 Å². The number of halogens is 2. The molecular formula is C13H17F2NaO3. The first-order valence-electron chi connectivity index (χ1n) is 6.47. The van der Waals surface area contributed by atoms with Gasteiger partial charge in [-0.3, -0.25) is 4.79 Å². The van der Waals surface area contributed by atoms with Crippen LogP contribution in [-0.2, 0) is 9.53 Å². The van der Waals surface area contributed by atoms with E-state index in [0.717, 1.165) is 32.1 Å². The molecule has 2 atom stereocenters. The van der Waals surface area contributed by atoms with Crippen LogP contribution in [0.3, 0.4) is 0 Å². The van der Waals surface area contributed by atoms with Gasteiger partial charge in [-0.25, -0.2) is 0 Å². The minimum atomic E-state index is -2.29. The van der Waals surface area contributed by atoms with Crippen molar-refractivity contribution in [1.82, 2.24) is 0 Å². The number of hydrogen-bond donors (Lipinski definition) is 1. The zero-order valence-corrected chi connectivity index (χ0v) is 13.1. The number of esters is 1. The van der Waals surface area contributed by atoms with Crippen molar-refractivity contribution in [3.63, 3.8) is 0 Å². The topological polar surface area (TPSA) is 46.5 Å². The molecule has 1 N–H and O–H groups in total. The summed E-state index contributed by atoms with van der Waals surface area (Å²) in [7, 11) is 0. The van der Waals surface area contributed by atoms with Crippen molar-refractivity contribution in [1.29, 1.82) is 0 Å². The summed E-state index contributed by atoms with van der Waals surface area (Å²) < 4.78 is 28.8. The number of rotatable bonds is 3. The maximum absolute atomic E-state index is 12.1. The second kappa shape index (κ2) is 5.17. The number of carbonyl (C=O) groups is 1. The summed E-state index contributed by atoms with van der Waals surface area (Å²) in [6, 6.07) is 0. The SMILES string of the molecule is O=C(OCC12CC3CC(CC(O)(C3)C1)C2)[C-](F)F.[Na+]. The molecule has 19 heavy (non-hydrogen) atoms. The summed E-state index contributed by atoms with van der Waals surface area (Å²) in [6.07, 6.45) is 2.86. The first-order valence-corrected chi connectivity index (χ1v) is 6.47. The third-order valence-corrected chi connectivity index (χ3v) is 4.82. The average molecular weight is 282 g/mol. The average Bonchev–Trinajstić information content (AvgIpc) is 2.22. The van der Waals surface area contributed by atoms with Gasteiger partial charge in [0.2, 0.25) is 5.97 Å². The Hall–Kier alpha value is 0.160. The van der Waals surface area contributed by atoms with E-state index < -0.39 is 18.0 Å². The van der Waals surface area contributed by atoms with Gasteiger partial charge in [0, 0.05) is 11.8 Å². The van der Waals surface area contributed by atoms with Gasteiger partial charge in [0.15, 0.2) is 0 Å². The van der Waals surface area contributed by atoms with E-state index in [2.05, 4.69) is 0 Å². The van der Waals surface area contributed by atoms with Gasteiger partial charge in [0.25, 0.3) is 0 Å². The first-order chi connectivity index (χ1) is 8.40. The summed E-state index contributed by atoms with van der Waals surface area (Å²) in [6.45, 7) is 0.0263. The zero-order valence-electron chi connectivity index (χ0n) is 11.1. The maximum Gasteiger partial charge on any atom is 1.00 e. The predicted molar refractivity (Wildman–Crippen MR) is 58.5 cm³/mol. The van der Waals surface area contributed by atoms with Crippen molar-refractivity contribution in [2.75, 3.05) is 6.61 Å². The number of hydrogen-bond acceptors (Lipinski definition) is 3. The summed E-state index contributed by atoms with van der Waals surface area (Å²) in [5, 5.41) is 10.4. The van der Waals surface area contributed by atoms with Gasteiger partial charge in [-0.15, -0.1) is 0 Å². The van der Waals surface area contributed by atoms with Gasteiger partial charge < -0.3 is 18.6 Å². The van der Waals surface area contributed by atoms with E-state index in [1.807, 2.05) is 0 Å². The quantitative estimate of drug-likeness (QED) is 0.423. The van der Waals surface area contributed by atoms with Crippen LogP contribution in [0, 0.1) is 23.7 Å². The van der Waals surface area contributed by atoms with Crippen LogP contribution in [-0.4, -0.2) is 23.3 Å². The Balaban J connectivity index is 0.00000133. The Morgan fingerprint density at radius 1 is 1.26 bits per heavy atom. The van der Waals surface area contributed by atoms with E-state index in [9.17, 15) is 18.7 Å². The summed E-state index contributed by atoms with van der Waals surface area (Å²) in [5.41, 5.74) is -0.904. The standard InChI is InChI=1S/C13H17F2O3.Na/c14-10(15)11(16)18-7-12-2-8-1-9(3-12)5-13(17,4-8)6-12;/h8-9,17H,1-7H2;/q-1;+1. The van der Waals surface area contributed by atoms with Gasteiger partial charge in [0.05, 0.1) is 12.2 Å². The van der Waals surface area contributed by atoms with E-state index in [1.165, 1.54) is 0 Å². The molecule has 0 saturated heterocycles. The molecule has 4 aliphatic carbocycles. The molecule has 0 amide bonds. The molecule has 0 heterocycles. The van der Waals surface area contributed by atoms with Crippen LogP contribution in [0.1, 0.15) is 38.5 Å². The largest absolute Gasteiger partial charge is 1.00 e. The Morgan fingerprint density at radius 2 is 1.84 bits per heavy atom. The second-order valence-electron chi connectivity index (χ2n) is 6.52. The van der Waals surface area contributed by atoms with Gasteiger partial charge in [-0.2, -0.15) is 0 Å². The molecular weight excluding hydrogens is 265 g/mol. The van der Waals surface area contributed by atoms with Crippen LogP contribution in [0.4, 0.5) is 8.78 Å². The molecule has 0 aliphatic heterocycles. The van der Waals surface area contributed by atoms with Gasteiger partial charge in [-0.1, -0.05) is 0 Å².